The molecule has 1 amide bonds. The summed E-state index contributed by atoms with van der Waals surface area (Å²) in [4.78, 5) is 13.1. The van der Waals surface area contributed by atoms with Crippen molar-refractivity contribution in [1.82, 2.24) is 10.2 Å². The number of ether oxygens (including phenoxy) is 1. The number of carbonyl (C=O) groups is 1. The molecule has 0 saturated heterocycles. The van der Waals surface area contributed by atoms with Crippen LogP contribution < -0.4 is 15.4 Å². The summed E-state index contributed by atoms with van der Waals surface area (Å²) in [6.45, 7) is 1.58. The fourth-order valence-corrected chi connectivity index (χ4v) is 3.10. The molecule has 1 rings (SSSR count). The Bertz CT molecular complexity index is 852. The van der Waals surface area contributed by atoms with E-state index in [2.05, 4.69) is 15.4 Å². The Morgan fingerprint density at radius 3 is 2.36 bits per heavy atom. The van der Waals surface area contributed by atoms with Gasteiger partial charge in [-0.05, 0) is 43.4 Å². The number of amides is 1. The molecule has 0 aliphatic carbocycles. The van der Waals surface area contributed by atoms with E-state index < -0.39 is 39.7 Å². The molecule has 13 heteroatoms. The van der Waals surface area contributed by atoms with Crippen LogP contribution in [0, 0.1) is 11.5 Å². The molecule has 0 fully saturated rings. The summed E-state index contributed by atoms with van der Waals surface area (Å²) in [5.41, 5.74) is 0.269. The first-order valence-electron chi connectivity index (χ1n) is 7.66. The zero-order valence-corrected chi connectivity index (χ0v) is 16.4. The lowest BCUT2D eigenvalue weighted by atomic mass is 10.3. The third-order valence-corrected chi connectivity index (χ3v) is 4.28. The van der Waals surface area contributed by atoms with Gasteiger partial charge in [-0.3, -0.25) is 4.79 Å². The highest BCUT2D eigenvalue weighted by Crippen LogP contribution is 2.23. The van der Waals surface area contributed by atoms with Crippen molar-refractivity contribution in [3.63, 3.8) is 0 Å². The summed E-state index contributed by atoms with van der Waals surface area (Å²) in [5.74, 6) is -1.83. The van der Waals surface area contributed by atoms with Crippen LogP contribution in [0.1, 0.15) is 6.92 Å². The molecule has 0 radical (unpaired) electrons. The summed E-state index contributed by atoms with van der Waals surface area (Å²) in [6.07, 6.45) is -2.25. The molecule has 28 heavy (non-hydrogen) atoms. The predicted octanol–water partition coefficient (Wildman–Crippen LogP) is 1.61. The van der Waals surface area contributed by atoms with Crippen molar-refractivity contribution < 1.29 is 31.1 Å². The van der Waals surface area contributed by atoms with Crippen LogP contribution in [0.5, 0.6) is 5.75 Å². The van der Waals surface area contributed by atoms with Gasteiger partial charge in [-0.2, -0.15) is 5.26 Å². The Morgan fingerprint density at radius 1 is 1.36 bits per heavy atom. The van der Waals surface area contributed by atoms with Crippen LogP contribution in [0.25, 0.3) is 0 Å². The molecular weight excluding hydrogens is 421 g/mol. The topological polar surface area (TPSA) is 112 Å². The van der Waals surface area contributed by atoms with E-state index in [-0.39, 0.29) is 17.3 Å². The van der Waals surface area contributed by atoms with Crippen molar-refractivity contribution in [1.29, 1.82) is 5.26 Å². The number of halogens is 3. The second-order valence-corrected chi connectivity index (χ2v) is 8.09. The zero-order chi connectivity index (χ0) is 21.5. The number of anilines is 1. The van der Waals surface area contributed by atoms with Crippen LogP contribution in [0.3, 0.4) is 0 Å². The molecule has 1 atom stereocenters. The van der Waals surface area contributed by atoms with Crippen molar-refractivity contribution >= 4 is 38.8 Å². The Kier molecular flexibility index (Phi) is 8.01. The van der Waals surface area contributed by atoms with Gasteiger partial charge in [-0.15, -0.1) is 13.2 Å². The van der Waals surface area contributed by atoms with Gasteiger partial charge in [-0.25, -0.2) is 13.3 Å². The number of benzene rings is 1. The second kappa shape index (κ2) is 9.56. The molecular formula is C15H17F3N4O4S2. The molecule has 2 N–H and O–H groups in total. The average Bonchev–Trinajstić information content (AvgIpc) is 2.54. The van der Waals surface area contributed by atoms with Crippen LogP contribution in [-0.4, -0.2) is 55.3 Å². The molecule has 0 saturated carbocycles. The minimum atomic E-state index is -4.82. The minimum absolute atomic E-state index is 0.0398. The maximum Gasteiger partial charge on any atom is 0.573 e. The monoisotopic (exact) mass is 438 g/mol. The van der Waals surface area contributed by atoms with Crippen molar-refractivity contribution in [2.24, 2.45) is 0 Å². The third-order valence-electron chi connectivity index (χ3n) is 3.12. The number of alkyl halides is 3. The molecule has 1 aromatic rings. The lowest BCUT2D eigenvalue weighted by molar-refractivity contribution is -0.274. The van der Waals surface area contributed by atoms with E-state index in [1.54, 1.807) is 13.1 Å². The van der Waals surface area contributed by atoms with Gasteiger partial charge >= 0.3 is 6.36 Å². The van der Waals surface area contributed by atoms with Gasteiger partial charge in [0.1, 0.15) is 21.6 Å². The van der Waals surface area contributed by atoms with E-state index in [0.29, 0.717) is 0 Å². The van der Waals surface area contributed by atoms with Crippen molar-refractivity contribution in [3.05, 3.63) is 24.3 Å². The summed E-state index contributed by atoms with van der Waals surface area (Å²) in [5, 5.41) is 13.9. The molecule has 1 unspecified atom stereocenters. The van der Waals surface area contributed by atoms with Crippen LogP contribution in [0.2, 0.25) is 0 Å². The fraction of sp³-hybridized carbons (Fsp3) is 0.400. The lowest BCUT2D eigenvalue weighted by Crippen LogP contribution is -2.51. The van der Waals surface area contributed by atoms with Gasteiger partial charge in [-0.1, -0.05) is 0 Å². The molecule has 1 aromatic carbocycles. The van der Waals surface area contributed by atoms with Crippen molar-refractivity contribution in [2.45, 2.75) is 19.3 Å². The van der Waals surface area contributed by atoms with Gasteiger partial charge in [0.2, 0.25) is 0 Å². The first kappa shape index (κ1) is 23.4. The quantitative estimate of drug-likeness (QED) is 0.375. The number of hydrogen-bond acceptors (Lipinski definition) is 6. The Balaban J connectivity index is 2.85. The first-order valence-corrected chi connectivity index (χ1v) is 10.1. The third kappa shape index (κ3) is 8.40. The summed E-state index contributed by atoms with van der Waals surface area (Å²) >= 11 is 5.02. The Labute approximate surface area is 165 Å². The molecule has 8 nitrogen and oxygen atoms in total. The fourth-order valence-electron chi connectivity index (χ4n) is 2.01. The average molecular weight is 438 g/mol. The molecule has 0 aliphatic rings. The molecule has 0 aromatic heterocycles. The number of rotatable bonds is 7. The van der Waals surface area contributed by atoms with E-state index >= 15 is 0 Å². The van der Waals surface area contributed by atoms with E-state index in [9.17, 15) is 26.4 Å². The second-order valence-electron chi connectivity index (χ2n) is 5.50. The maximum atomic E-state index is 12.3. The smallest absolute Gasteiger partial charge is 0.406 e. The highest BCUT2D eigenvalue weighted by Gasteiger charge is 2.31. The number of likely N-dealkylation sites (N-methyl/N-ethyl adjacent to an activating group) is 1. The summed E-state index contributed by atoms with van der Waals surface area (Å²) in [6, 6.07) is 3.27. The van der Waals surface area contributed by atoms with Gasteiger partial charge in [0.25, 0.3) is 5.91 Å². The SMILES string of the molecule is CCN(C#N)C(=O)C(CS(C)(=O)=O)NC(=S)Nc1ccc(OC(F)(F)F)cc1. The number of nitrogens with zero attached hydrogens (tertiary/aromatic N) is 2. The number of sulfone groups is 1. The lowest BCUT2D eigenvalue weighted by Gasteiger charge is -2.22. The first-order chi connectivity index (χ1) is 12.8. The maximum absolute atomic E-state index is 12.3. The van der Waals surface area contributed by atoms with E-state index in [0.717, 1.165) is 23.3 Å². The van der Waals surface area contributed by atoms with Crippen LogP contribution in [-0.2, 0) is 14.6 Å². The standard InChI is InChI=1S/C15H17F3N4O4S2/c1-3-22(9-19)13(23)12(8-28(2,24)25)21-14(27)20-10-4-6-11(7-5-10)26-15(16,17)18/h4-7,12H,3,8H2,1-2H3,(H2,20,21,27). The minimum Gasteiger partial charge on any atom is -0.406 e. The Morgan fingerprint density at radius 2 is 1.93 bits per heavy atom. The van der Waals surface area contributed by atoms with E-state index in [1.807, 2.05) is 0 Å². The van der Waals surface area contributed by atoms with E-state index in [1.165, 1.54) is 12.1 Å². The largest absolute Gasteiger partial charge is 0.573 e. The van der Waals surface area contributed by atoms with E-state index in [4.69, 9.17) is 17.5 Å². The number of hydrogen-bond donors (Lipinski definition) is 2. The highest BCUT2D eigenvalue weighted by molar-refractivity contribution is 7.90. The van der Waals surface area contributed by atoms with Crippen molar-refractivity contribution in [2.75, 3.05) is 23.9 Å². The van der Waals surface area contributed by atoms with Crippen LogP contribution in [0.4, 0.5) is 18.9 Å². The molecule has 154 valence electrons. The van der Waals surface area contributed by atoms with Gasteiger partial charge in [0.15, 0.2) is 11.3 Å². The molecule has 0 heterocycles. The van der Waals surface area contributed by atoms with Crippen LogP contribution in [0.15, 0.2) is 24.3 Å². The number of carbonyl (C=O) groups excluding carboxylic acids is 1. The Hall–Kier alpha value is -2.59. The number of thiocarbonyl (C=S) groups is 1. The molecule has 0 aliphatic heterocycles. The number of nitrogens with one attached hydrogen (secondary N) is 2. The molecule has 0 spiro atoms. The number of nitriles is 1. The van der Waals surface area contributed by atoms with Gasteiger partial charge in [0, 0.05) is 18.5 Å². The summed E-state index contributed by atoms with van der Waals surface area (Å²) < 4.78 is 63.3. The van der Waals surface area contributed by atoms with Crippen molar-refractivity contribution in [3.8, 4) is 11.9 Å². The van der Waals surface area contributed by atoms with Gasteiger partial charge in [0.05, 0.1) is 5.75 Å². The molecule has 0 bridgehead atoms. The van der Waals surface area contributed by atoms with Crippen LogP contribution >= 0.6 is 12.2 Å². The predicted molar refractivity (Wildman–Crippen MR) is 99.0 cm³/mol. The zero-order valence-electron chi connectivity index (χ0n) is 14.8. The summed E-state index contributed by atoms with van der Waals surface area (Å²) in [7, 11) is -3.59. The highest BCUT2D eigenvalue weighted by atomic mass is 32.2. The van der Waals surface area contributed by atoms with Gasteiger partial charge < -0.3 is 15.4 Å². The normalized spacial score (nSPS) is 12.4.